The first-order valence-electron chi connectivity index (χ1n) is 12.6. The highest BCUT2D eigenvalue weighted by molar-refractivity contribution is 7.16. The Kier molecular flexibility index (Phi) is 7.43. The number of thiophene rings is 1. The molecule has 1 aliphatic carbocycles. The van der Waals surface area contributed by atoms with Gasteiger partial charge < -0.3 is 15.1 Å². The molecule has 0 aromatic carbocycles. The summed E-state index contributed by atoms with van der Waals surface area (Å²) in [7, 11) is 0. The molecular formula is C26H34N6OS. The number of likely N-dealkylation sites (tertiary alicyclic amines) is 1. The number of aromatic nitrogens is 1. The molecule has 4 heterocycles. The molecule has 0 radical (unpaired) electrons. The molecule has 5 rings (SSSR count). The zero-order valence-corrected chi connectivity index (χ0v) is 20.7. The minimum atomic E-state index is 0.0317. The number of piperazine rings is 1. The van der Waals surface area contributed by atoms with E-state index in [0.717, 1.165) is 82.4 Å². The van der Waals surface area contributed by atoms with Gasteiger partial charge in [0.15, 0.2) is 0 Å². The number of nitrogens with zero attached hydrogens (tertiary/aromatic N) is 5. The minimum Gasteiger partial charge on any atom is -0.354 e. The molecule has 7 nitrogen and oxygen atoms in total. The van der Waals surface area contributed by atoms with Gasteiger partial charge in [-0.1, -0.05) is 6.07 Å². The zero-order valence-electron chi connectivity index (χ0n) is 19.8. The predicted molar refractivity (Wildman–Crippen MR) is 136 cm³/mol. The average molecular weight is 479 g/mol. The van der Waals surface area contributed by atoms with E-state index in [-0.39, 0.29) is 5.91 Å². The molecule has 2 saturated heterocycles. The molecule has 1 amide bonds. The van der Waals surface area contributed by atoms with Gasteiger partial charge in [-0.25, -0.2) is 4.98 Å². The summed E-state index contributed by atoms with van der Waals surface area (Å²) in [6.07, 6.45) is 7.97. The number of nitriles is 1. The van der Waals surface area contributed by atoms with Gasteiger partial charge in [-0.15, -0.1) is 11.3 Å². The van der Waals surface area contributed by atoms with Crippen LogP contribution in [0.5, 0.6) is 0 Å². The molecule has 2 aliphatic heterocycles. The number of aryl methyl sites for hydroxylation is 1. The Morgan fingerprint density at radius 2 is 2.03 bits per heavy atom. The summed E-state index contributed by atoms with van der Waals surface area (Å²) in [4.78, 5) is 25.8. The molecule has 180 valence electrons. The monoisotopic (exact) mass is 478 g/mol. The quantitative estimate of drug-likeness (QED) is 0.658. The summed E-state index contributed by atoms with van der Waals surface area (Å²) >= 11 is 1.60. The van der Waals surface area contributed by atoms with Crippen molar-refractivity contribution in [3.8, 4) is 6.07 Å². The molecule has 1 atom stereocenters. The maximum atomic E-state index is 12.6. The van der Waals surface area contributed by atoms with Crippen LogP contribution >= 0.6 is 11.3 Å². The van der Waals surface area contributed by atoms with E-state index in [1.54, 1.807) is 11.3 Å². The second-order valence-corrected chi connectivity index (χ2v) is 10.9. The first kappa shape index (κ1) is 23.3. The highest BCUT2D eigenvalue weighted by Gasteiger charge is 2.26. The zero-order chi connectivity index (χ0) is 23.3. The van der Waals surface area contributed by atoms with Crippen molar-refractivity contribution >= 4 is 28.1 Å². The molecule has 1 unspecified atom stereocenters. The van der Waals surface area contributed by atoms with E-state index in [2.05, 4.69) is 43.2 Å². The SMILES string of the molecule is N#Cc1c(NC(=O)CCN2CCCC(CN3CCN(c4ccccn4)CC3)C2)sc2c1CCC2. The third-order valence-corrected chi connectivity index (χ3v) is 8.61. The lowest BCUT2D eigenvalue weighted by Gasteiger charge is -2.39. The van der Waals surface area contributed by atoms with Crippen LogP contribution in [0.4, 0.5) is 10.8 Å². The summed E-state index contributed by atoms with van der Waals surface area (Å²) in [5.74, 6) is 1.78. The van der Waals surface area contributed by atoms with E-state index in [1.807, 2.05) is 12.3 Å². The van der Waals surface area contributed by atoms with Crippen LogP contribution in [0.25, 0.3) is 0 Å². The number of carbonyl (C=O) groups is 1. The number of carbonyl (C=O) groups excluding carboxylic acids is 1. The number of fused-ring (bicyclic) bond motifs is 1. The van der Waals surface area contributed by atoms with Crippen LogP contribution in [-0.4, -0.2) is 73.0 Å². The number of anilines is 2. The van der Waals surface area contributed by atoms with Crippen molar-refractivity contribution in [2.75, 3.05) is 62.6 Å². The lowest BCUT2D eigenvalue weighted by Crippen LogP contribution is -2.50. The van der Waals surface area contributed by atoms with E-state index in [9.17, 15) is 10.1 Å². The van der Waals surface area contributed by atoms with Gasteiger partial charge in [-0.05, 0) is 62.3 Å². The number of nitrogens with one attached hydrogen (secondary N) is 1. The molecule has 34 heavy (non-hydrogen) atoms. The lowest BCUT2D eigenvalue weighted by atomic mass is 9.97. The number of rotatable bonds is 7. The van der Waals surface area contributed by atoms with Gasteiger partial charge in [-0.3, -0.25) is 9.69 Å². The van der Waals surface area contributed by atoms with E-state index in [0.29, 0.717) is 17.9 Å². The first-order chi connectivity index (χ1) is 16.7. The standard InChI is InChI=1S/C26H34N6OS/c27-17-22-21-6-3-7-23(21)34-26(22)29-25(33)9-12-30-11-4-5-20(18-30)19-31-13-15-32(16-14-31)24-8-1-2-10-28-24/h1-2,8,10,20H,3-7,9,11-16,18-19H2,(H,29,33). The maximum absolute atomic E-state index is 12.6. The van der Waals surface area contributed by atoms with Crippen LogP contribution in [0, 0.1) is 17.2 Å². The molecule has 2 aromatic heterocycles. The fourth-order valence-corrected chi connectivity index (χ4v) is 6.88. The maximum Gasteiger partial charge on any atom is 0.226 e. The van der Waals surface area contributed by atoms with Crippen LogP contribution in [0.2, 0.25) is 0 Å². The average Bonchev–Trinajstić information content (AvgIpc) is 3.45. The van der Waals surface area contributed by atoms with Gasteiger partial charge in [0.25, 0.3) is 0 Å². The van der Waals surface area contributed by atoms with Crippen molar-refractivity contribution in [3.05, 3.63) is 40.4 Å². The lowest BCUT2D eigenvalue weighted by molar-refractivity contribution is -0.116. The number of piperidine rings is 1. The highest BCUT2D eigenvalue weighted by atomic mass is 32.1. The van der Waals surface area contributed by atoms with E-state index >= 15 is 0 Å². The molecule has 8 heteroatoms. The molecule has 3 aliphatic rings. The van der Waals surface area contributed by atoms with Crippen molar-refractivity contribution in [2.24, 2.45) is 5.92 Å². The Hall–Kier alpha value is -2.47. The number of hydrogen-bond donors (Lipinski definition) is 1. The second kappa shape index (κ2) is 10.9. The van der Waals surface area contributed by atoms with E-state index in [4.69, 9.17) is 0 Å². The van der Waals surface area contributed by atoms with Gasteiger partial charge in [0.1, 0.15) is 16.9 Å². The summed E-state index contributed by atoms with van der Waals surface area (Å²) in [6, 6.07) is 8.44. The van der Waals surface area contributed by atoms with Crippen molar-refractivity contribution in [1.29, 1.82) is 5.26 Å². The largest absolute Gasteiger partial charge is 0.354 e. The summed E-state index contributed by atoms with van der Waals surface area (Å²) in [6.45, 7) is 8.32. The minimum absolute atomic E-state index is 0.0317. The molecule has 0 spiro atoms. The van der Waals surface area contributed by atoms with E-state index in [1.165, 1.54) is 23.3 Å². The summed E-state index contributed by atoms with van der Waals surface area (Å²) in [5, 5.41) is 13.3. The molecular weight excluding hydrogens is 444 g/mol. The summed E-state index contributed by atoms with van der Waals surface area (Å²) in [5.41, 5.74) is 1.87. The van der Waals surface area contributed by atoms with Gasteiger partial charge >= 0.3 is 0 Å². The van der Waals surface area contributed by atoms with Crippen molar-refractivity contribution < 1.29 is 4.79 Å². The van der Waals surface area contributed by atoms with Crippen LogP contribution in [-0.2, 0) is 17.6 Å². The van der Waals surface area contributed by atoms with Crippen LogP contribution in [0.1, 0.15) is 41.7 Å². The Bertz CT molecular complexity index is 1020. The van der Waals surface area contributed by atoms with Gasteiger partial charge in [-0.2, -0.15) is 5.26 Å². The number of amides is 1. The van der Waals surface area contributed by atoms with Crippen LogP contribution < -0.4 is 10.2 Å². The Morgan fingerprint density at radius 1 is 1.15 bits per heavy atom. The third-order valence-electron chi connectivity index (χ3n) is 7.41. The van der Waals surface area contributed by atoms with Crippen LogP contribution in [0.15, 0.2) is 24.4 Å². The van der Waals surface area contributed by atoms with Gasteiger partial charge in [0, 0.05) is 63.3 Å². The topological polar surface area (TPSA) is 75.5 Å². The molecule has 2 aromatic rings. The van der Waals surface area contributed by atoms with Crippen molar-refractivity contribution in [3.63, 3.8) is 0 Å². The van der Waals surface area contributed by atoms with Crippen LogP contribution in [0.3, 0.4) is 0 Å². The number of hydrogen-bond acceptors (Lipinski definition) is 7. The molecule has 0 saturated carbocycles. The fraction of sp³-hybridized carbons (Fsp3) is 0.577. The fourth-order valence-electron chi connectivity index (χ4n) is 5.63. The Morgan fingerprint density at radius 3 is 2.82 bits per heavy atom. The van der Waals surface area contributed by atoms with Crippen molar-refractivity contribution in [2.45, 2.75) is 38.5 Å². The highest BCUT2D eigenvalue weighted by Crippen LogP contribution is 2.38. The summed E-state index contributed by atoms with van der Waals surface area (Å²) < 4.78 is 0. The number of pyridine rings is 1. The van der Waals surface area contributed by atoms with Crippen molar-refractivity contribution in [1.82, 2.24) is 14.8 Å². The predicted octanol–water partition coefficient (Wildman–Crippen LogP) is 3.37. The first-order valence-corrected chi connectivity index (χ1v) is 13.5. The Labute approximate surface area is 206 Å². The Balaban J connectivity index is 1.05. The third kappa shape index (κ3) is 5.43. The van der Waals surface area contributed by atoms with E-state index < -0.39 is 0 Å². The normalized spacial score (nSPS) is 21.3. The van der Waals surface area contributed by atoms with Gasteiger partial charge in [0.05, 0.1) is 5.56 Å². The molecule has 2 fully saturated rings. The smallest absolute Gasteiger partial charge is 0.226 e. The molecule has 0 bridgehead atoms. The van der Waals surface area contributed by atoms with Gasteiger partial charge in [0.2, 0.25) is 5.91 Å². The molecule has 1 N–H and O–H groups in total. The second-order valence-electron chi connectivity index (χ2n) is 9.76.